The summed E-state index contributed by atoms with van der Waals surface area (Å²) >= 11 is 6.18. The zero-order chi connectivity index (χ0) is 25.1. The smallest absolute Gasteiger partial charge is 0.266 e. The predicted molar refractivity (Wildman–Crippen MR) is 138 cm³/mol. The fraction of sp³-hybridized carbons (Fsp3) is 0.250. The number of halogens is 2. The van der Waals surface area contributed by atoms with Gasteiger partial charge in [0.25, 0.3) is 11.5 Å². The number of rotatable bonds is 7. The first-order chi connectivity index (χ1) is 16.8. The molecule has 0 saturated heterocycles. The summed E-state index contributed by atoms with van der Waals surface area (Å²) in [6, 6.07) is 17.8. The Morgan fingerprint density at radius 3 is 2.54 bits per heavy atom. The van der Waals surface area contributed by atoms with Crippen LogP contribution in [-0.4, -0.2) is 26.9 Å². The van der Waals surface area contributed by atoms with Crippen molar-refractivity contribution in [3.63, 3.8) is 0 Å². The lowest BCUT2D eigenvalue weighted by Crippen LogP contribution is -2.38. The lowest BCUT2D eigenvalue weighted by molar-refractivity contribution is 0.0673. The lowest BCUT2D eigenvalue weighted by atomic mass is 10.1. The van der Waals surface area contributed by atoms with Crippen molar-refractivity contribution >= 4 is 28.4 Å². The number of hydrogen-bond acceptors (Lipinski definition) is 3. The third-order valence-electron chi connectivity index (χ3n) is 6.16. The van der Waals surface area contributed by atoms with Crippen LogP contribution in [0.4, 0.5) is 4.39 Å². The molecule has 1 unspecified atom stereocenters. The van der Waals surface area contributed by atoms with Gasteiger partial charge in [0.05, 0.1) is 28.2 Å². The molecule has 1 atom stereocenters. The van der Waals surface area contributed by atoms with Crippen LogP contribution in [0.2, 0.25) is 5.02 Å². The molecule has 5 nitrogen and oxygen atoms in total. The van der Waals surface area contributed by atoms with Crippen LogP contribution in [0, 0.1) is 12.7 Å². The van der Waals surface area contributed by atoms with Crippen molar-refractivity contribution in [2.24, 2.45) is 0 Å². The molecule has 0 aliphatic carbocycles. The predicted octanol–water partition coefficient (Wildman–Crippen LogP) is 6.49. The minimum Gasteiger partial charge on any atom is -0.329 e. The molecular weight excluding hydrogens is 465 g/mol. The second-order valence-corrected chi connectivity index (χ2v) is 9.00. The van der Waals surface area contributed by atoms with E-state index in [9.17, 15) is 14.0 Å². The van der Waals surface area contributed by atoms with Gasteiger partial charge in [-0.25, -0.2) is 9.37 Å². The molecule has 0 N–H and O–H groups in total. The van der Waals surface area contributed by atoms with Gasteiger partial charge >= 0.3 is 0 Å². The van der Waals surface area contributed by atoms with E-state index in [0.29, 0.717) is 34.0 Å². The summed E-state index contributed by atoms with van der Waals surface area (Å²) in [6.07, 6.45) is 1.57. The summed E-state index contributed by atoms with van der Waals surface area (Å²) in [7, 11) is 0. The van der Waals surface area contributed by atoms with Crippen molar-refractivity contribution in [2.75, 3.05) is 6.54 Å². The van der Waals surface area contributed by atoms with Crippen LogP contribution in [0.15, 0.2) is 71.5 Å². The average molecular weight is 492 g/mol. The number of carbonyl (C=O) groups excluding carboxylic acids is 1. The van der Waals surface area contributed by atoms with E-state index in [1.54, 1.807) is 58.0 Å². The number of hydrogen-bond donors (Lipinski definition) is 0. The summed E-state index contributed by atoms with van der Waals surface area (Å²) < 4.78 is 16.1. The number of nitrogens with zero attached hydrogens (tertiary/aromatic N) is 3. The maximum Gasteiger partial charge on any atom is 0.266 e. The molecular formula is C28H27ClFN3O2. The number of fused-ring (bicyclic) bond motifs is 1. The molecule has 180 valence electrons. The number of para-hydroxylation sites is 1. The van der Waals surface area contributed by atoms with E-state index in [4.69, 9.17) is 16.6 Å². The summed E-state index contributed by atoms with van der Waals surface area (Å²) in [4.78, 5) is 33.7. The van der Waals surface area contributed by atoms with E-state index >= 15 is 0 Å². The van der Waals surface area contributed by atoms with Gasteiger partial charge in [-0.05, 0) is 68.3 Å². The Morgan fingerprint density at radius 2 is 1.83 bits per heavy atom. The van der Waals surface area contributed by atoms with E-state index in [-0.39, 0.29) is 11.1 Å². The van der Waals surface area contributed by atoms with Gasteiger partial charge in [0.2, 0.25) is 0 Å². The Balaban J connectivity index is 1.94. The van der Waals surface area contributed by atoms with Crippen molar-refractivity contribution in [2.45, 2.75) is 39.7 Å². The molecule has 0 fully saturated rings. The maximum atomic E-state index is 14.6. The minimum atomic E-state index is -0.610. The molecule has 4 aromatic rings. The van der Waals surface area contributed by atoms with Crippen LogP contribution in [0.25, 0.3) is 16.6 Å². The van der Waals surface area contributed by atoms with Crippen molar-refractivity contribution < 1.29 is 9.18 Å². The first kappa shape index (κ1) is 24.6. The number of aromatic nitrogens is 2. The monoisotopic (exact) mass is 491 g/mol. The third kappa shape index (κ3) is 4.84. The molecule has 1 aromatic heterocycles. The molecule has 0 spiro atoms. The van der Waals surface area contributed by atoms with Gasteiger partial charge in [0, 0.05) is 11.6 Å². The molecule has 0 radical (unpaired) electrons. The summed E-state index contributed by atoms with van der Waals surface area (Å²) in [5.74, 6) is -0.616. The van der Waals surface area contributed by atoms with E-state index in [1.807, 2.05) is 26.8 Å². The van der Waals surface area contributed by atoms with Crippen LogP contribution >= 0.6 is 11.6 Å². The highest BCUT2D eigenvalue weighted by Crippen LogP contribution is 2.27. The molecule has 35 heavy (non-hydrogen) atoms. The van der Waals surface area contributed by atoms with Crippen LogP contribution in [-0.2, 0) is 0 Å². The third-order valence-corrected chi connectivity index (χ3v) is 6.40. The highest BCUT2D eigenvalue weighted by Gasteiger charge is 2.29. The second-order valence-electron chi connectivity index (χ2n) is 8.57. The van der Waals surface area contributed by atoms with E-state index in [0.717, 1.165) is 18.4 Å². The van der Waals surface area contributed by atoms with Gasteiger partial charge in [0.15, 0.2) is 0 Å². The van der Waals surface area contributed by atoms with Gasteiger partial charge in [-0.15, -0.1) is 0 Å². The van der Waals surface area contributed by atoms with E-state index < -0.39 is 17.8 Å². The van der Waals surface area contributed by atoms with Gasteiger partial charge in [-0.3, -0.25) is 14.2 Å². The highest BCUT2D eigenvalue weighted by molar-refractivity contribution is 6.30. The molecule has 0 aliphatic heterocycles. The average Bonchev–Trinajstić information content (AvgIpc) is 2.85. The summed E-state index contributed by atoms with van der Waals surface area (Å²) in [5, 5.41) is 1.03. The largest absolute Gasteiger partial charge is 0.329 e. The molecule has 1 heterocycles. The van der Waals surface area contributed by atoms with Crippen molar-refractivity contribution in [3.8, 4) is 5.69 Å². The second kappa shape index (κ2) is 10.4. The molecule has 3 aromatic carbocycles. The van der Waals surface area contributed by atoms with Crippen molar-refractivity contribution in [3.05, 3.63) is 105 Å². The Morgan fingerprint density at radius 1 is 1.11 bits per heavy atom. The Labute approximate surface area is 208 Å². The first-order valence-corrected chi connectivity index (χ1v) is 12.0. The van der Waals surface area contributed by atoms with Crippen LogP contribution in [0.3, 0.4) is 0 Å². The summed E-state index contributed by atoms with van der Waals surface area (Å²) in [5.41, 5.74) is 1.72. The minimum absolute atomic E-state index is 0.00665. The summed E-state index contributed by atoms with van der Waals surface area (Å²) in [6.45, 7) is 6.12. The lowest BCUT2D eigenvalue weighted by Gasteiger charge is -2.31. The zero-order valence-corrected chi connectivity index (χ0v) is 20.7. The van der Waals surface area contributed by atoms with E-state index in [1.165, 1.54) is 12.1 Å². The van der Waals surface area contributed by atoms with Crippen molar-refractivity contribution in [1.29, 1.82) is 0 Å². The molecule has 7 heteroatoms. The molecule has 0 bridgehead atoms. The number of benzene rings is 3. The molecule has 0 aliphatic rings. The van der Waals surface area contributed by atoms with Crippen LogP contribution in [0.5, 0.6) is 0 Å². The fourth-order valence-electron chi connectivity index (χ4n) is 4.26. The van der Waals surface area contributed by atoms with Gasteiger partial charge in [0.1, 0.15) is 11.6 Å². The Hall–Kier alpha value is -3.51. The topological polar surface area (TPSA) is 55.2 Å². The number of carbonyl (C=O) groups is 1. The van der Waals surface area contributed by atoms with Gasteiger partial charge < -0.3 is 4.90 Å². The Bertz CT molecular complexity index is 1450. The molecule has 1 amide bonds. The van der Waals surface area contributed by atoms with Crippen LogP contribution < -0.4 is 5.56 Å². The maximum absolute atomic E-state index is 14.6. The molecule has 0 saturated carbocycles. The van der Waals surface area contributed by atoms with Gasteiger partial charge in [-0.2, -0.15) is 0 Å². The first-order valence-electron chi connectivity index (χ1n) is 11.7. The van der Waals surface area contributed by atoms with Crippen molar-refractivity contribution in [1.82, 2.24) is 14.5 Å². The van der Waals surface area contributed by atoms with Crippen LogP contribution in [0.1, 0.15) is 54.5 Å². The quantitative estimate of drug-likeness (QED) is 0.297. The number of unbranched alkanes of at least 4 members (excludes halogenated alkanes) is 1. The van der Waals surface area contributed by atoms with E-state index in [2.05, 4.69) is 0 Å². The SMILES string of the molecule is CCCCN(C(=O)c1ccccc1F)C(C)c1nc2ccccc2c(=O)n1-c1ccc(Cl)cc1C. The fourth-order valence-corrected chi connectivity index (χ4v) is 4.49. The Kier molecular flexibility index (Phi) is 7.31. The normalized spacial score (nSPS) is 12.0. The highest BCUT2D eigenvalue weighted by atomic mass is 35.5. The van der Waals surface area contributed by atoms with Gasteiger partial charge in [-0.1, -0.05) is 49.2 Å². The zero-order valence-electron chi connectivity index (χ0n) is 20.0. The molecule has 4 rings (SSSR count). The number of amides is 1. The number of aryl methyl sites for hydroxylation is 1. The standard InChI is InChI=1S/C28H27ClFN3O2/c1-4-5-16-32(27(34)21-10-6-8-12-23(21)30)19(3)26-31-24-13-9-7-11-22(24)28(35)33(26)25-15-14-20(29)17-18(25)2/h6-15,17,19H,4-5,16H2,1-3H3.